The van der Waals surface area contributed by atoms with Crippen molar-refractivity contribution in [3.63, 3.8) is 0 Å². The number of ether oxygens (including phenoxy) is 2. The van der Waals surface area contributed by atoms with E-state index in [9.17, 15) is 0 Å². The first-order valence-electron chi connectivity index (χ1n) is 7.04. The Balaban J connectivity index is 1.52. The summed E-state index contributed by atoms with van der Waals surface area (Å²) in [5.41, 5.74) is 0. The molecule has 0 radical (unpaired) electrons. The van der Waals surface area contributed by atoms with Crippen LogP contribution in [0.3, 0.4) is 0 Å². The Bertz CT molecular complexity index is 549. The van der Waals surface area contributed by atoms with Crippen LogP contribution in [0.2, 0.25) is 0 Å². The molecule has 1 aliphatic rings. The van der Waals surface area contributed by atoms with Crippen LogP contribution in [0.4, 0.5) is 0 Å². The van der Waals surface area contributed by atoms with E-state index < -0.39 is 0 Å². The smallest absolute Gasteiger partial charge is 0.155 e. The zero-order chi connectivity index (χ0) is 13.8. The number of hydrogen-bond donors (Lipinski definition) is 0. The third-order valence-corrected chi connectivity index (χ3v) is 4.39. The van der Waals surface area contributed by atoms with E-state index in [1.165, 1.54) is 19.3 Å². The minimum Gasteiger partial charge on any atom is -0.490 e. The molecule has 5 heteroatoms. The van der Waals surface area contributed by atoms with E-state index in [2.05, 4.69) is 17.1 Å². The molecule has 0 saturated heterocycles. The molecule has 0 atom stereocenters. The molecule has 3 rings (SSSR count). The highest BCUT2D eigenvalue weighted by atomic mass is 32.1. The highest BCUT2D eigenvalue weighted by molar-refractivity contribution is 7.11. The maximum Gasteiger partial charge on any atom is 0.155 e. The third-order valence-electron chi connectivity index (χ3n) is 3.35. The Morgan fingerprint density at radius 3 is 2.40 bits per heavy atom. The number of aromatic nitrogens is 2. The monoisotopic (exact) mass is 290 g/mol. The van der Waals surface area contributed by atoms with Gasteiger partial charge in [-0.3, -0.25) is 0 Å². The van der Waals surface area contributed by atoms with Gasteiger partial charge in [0.25, 0.3) is 0 Å². The summed E-state index contributed by atoms with van der Waals surface area (Å²) in [6.45, 7) is 2.55. The lowest BCUT2D eigenvalue weighted by atomic mass is 9.96. The highest BCUT2D eigenvalue weighted by Gasteiger charge is 2.18. The van der Waals surface area contributed by atoms with E-state index in [4.69, 9.17) is 9.47 Å². The van der Waals surface area contributed by atoms with Crippen molar-refractivity contribution < 1.29 is 9.47 Å². The fourth-order valence-corrected chi connectivity index (χ4v) is 2.63. The Morgan fingerprint density at radius 1 is 1.10 bits per heavy atom. The summed E-state index contributed by atoms with van der Waals surface area (Å²) >= 11 is 1.60. The molecule has 1 aliphatic carbocycles. The minimum absolute atomic E-state index is 0.413. The molecule has 2 aromatic rings. The number of nitrogens with zero attached hydrogens (tertiary/aromatic N) is 2. The SMILES string of the molecule is CCc1nnc(COc2ccc(OC3CCC3)cc2)s1. The lowest BCUT2D eigenvalue weighted by molar-refractivity contribution is 0.120. The van der Waals surface area contributed by atoms with Crippen LogP contribution in [-0.2, 0) is 13.0 Å². The topological polar surface area (TPSA) is 44.2 Å². The summed E-state index contributed by atoms with van der Waals surface area (Å²) in [7, 11) is 0. The van der Waals surface area contributed by atoms with Gasteiger partial charge in [-0.25, -0.2) is 0 Å². The predicted octanol–water partition coefficient (Wildman–Crippen LogP) is 3.61. The van der Waals surface area contributed by atoms with Gasteiger partial charge in [-0.2, -0.15) is 0 Å². The Labute approximate surface area is 122 Å². The van der Waals surface area contributed by atoms with Crippen LogP contribution in [0.15, 0.2) is 24.3 Å². The molecule has 1 aromatic carbocycles. The second-order valence-electron chi connectivity index (χ2n) is 4.87. The predicted molar refractivity (Wildman–Crippen MR) is 78.3 cm³/mol. The van der Waals surface area contributed by atoms with Crippen molar-refractivity contribution in [3.05, 3.63) is 34.3 Å². The molecule has 1 saturated carbocycles. The van der Waals surface area contributed by atoms with E-state index >= 15 is 0 Å². The van der Waals surface area contributed by atoms with Crippen LogP contribution in [0.1, 0.15) is 36.2 Å². The van der Waals surface area contributed by atoms with Gasteiger partial charge >= 0.3 is 0 Å². The van der Waals surface area contributed by atoms with E-state index in [0.29, 0.717) is 12.7 Å². The molecule has 0 unspecified atom stereocenters. The van der Waals surface area contributed by atoms with Gasteiger partial charge in [-0.1, -0.05) is 18.3 Å². The second-order valence-corrected chi connectivity index (χ2v) is 6.02. The first-order valence-corrected chi connectivity index (χ1v) is 7.86. The van der Waals surface area contributed by atoms with Crippen molar-refractivity contribution in [3.8, 4) is 11.5 Å². The largest absolute Gasteiger partial charge is 0.490 e. The van der Waals surface area contributed by atoms with E-state index in [0.717, 1.165) is 27.9 Å². The first kappa shape index (κ1) is 13.4. The van der Waals surface area contributed by atoms with Crippen LogP contribution in [0, 0.1) is 0 Å². The fraction of sp³-hybridized carbons (Fsp3) is 0.467. The van der Waals surface area contributed by atoms with Crippen molar-refractivity contribution in [2.24, 2.45) is 0 Å². The summed E-state index contributed by atoms with van der Waals surface area (Å²) in [5, 5.41) is 10.1. The third kappa shape index (κ3) is 3.28. The van der Waals surface area contributed by atoms with Gasteiger partial charge in [0.15, 0.2) is 5.01 Å². The lowest BCUT2D eigenvalue weighted by Gasteiger charge is -2.26. The summed E-state index contributed by atoms with van der Waals surface area (Å²) in [6, 6.07) is 7.81. The Hall–Kier alpha value is -1.62. The number of rotatable bonds is 6. The molecule has 106 valence electrons. The fourth-order valence-electron chi connectivity index (χ4n) is 1.93. The molecule has 1 heterocycles. The first-order chi connectivity index (χ1) is 9.83. The van der Waals surface area contributed by atoms with Crippen LogP contribution >= 0.6 is 11.3 Å². The van der Waals surface area contributed by atoms with Gasteiger partial charge in [0, 0.05) is 0 Å². The number of benzene rings is 1. The zero-order valence-corrected chi connectivity index (χ0v) is 12.4. The van der Waals surface area contributed by atoms with Gasteiger partial charge in [-0.15, -0.1) is 10.2 Å². The quantitative estimate of drug-likeness (QED) is 0.815. The van der Waals surface area contributed by atoms with Gasteiger partial charge in [0.05, 0.1) is 6.10 Å². The van der Waals surface area contributed by atoms with E-state index in [1.807, 2.05) is 24.3 Å². The number of aryl methyl sites for hydroxylation is 1. The maximum absolute atomic E-state index is 5.81. The molecule has 20 heavy (non-hydrogen) atoms. The van der Waals surface area contributed by atoms with Crippen LogP contribution in [-0.4, -0.2) is 16.3 Å². The van der Waals surface area contributed by atoms with Crippen molar-refractivity contribution in [1.82, 2.24) is 10.2 Å². The maximum atomic E-state index is 5.81. The summed E-state index contributed by atoms with van der Waals surface area (Å²) in [6.07, 6.45) is 4.97. The zero-order valence-electron chi connectivity index (χ0n) is 11.5. The van der Waals surface area contributed by atoms with Gasteiger partial charge < -0.3 is 9.47 Å². The van der Waals surface area contributed by atoms with Crippen molar-refractivity contribution in [2.45, 2.75) is 45.3 Å². The molecule has 0 spiro atoms. The van der Waals surface area contributed by atoms with Gasteiger partial charge in [-0.05, 0) is 49.9 Å². The normalized spacial score (nSPS) is 14.8. The van der Waals surface area contributed by atoms with E-state index in [1.54, 1.807) is 11.3 Å². The molecule has 0 bridgehead atoms. The molecular weight excluding hydrogens is 272 g/mol. The van der Waals surface area contributed by atoms with Crippen molar-refractivity contribution >= 4 is 11.3 Å². The van der Waals surface area contributed by atoms with Gasteiger partial charge in [0.2, 0.25) is 0 Å². The molecule has 1 aromatic heterocycles. The highest BCUT2D eigenvalue weighted by Crippen LogP contribution is 2.26. The average molecular weight is 290 g/mol. The number of hydrogen-bond acceptors (Lipinski definition) is 5. The van der Waals surface area contributed by atoms with Crippen LogP contribution in [0.25, 0.3) is 0 Å². The van der Waals surface area contributed by atoms with Crippen molar-refractivity contribution in [1.29, 1.82) is 0 Å². The molecule has 0 aliphatic heterocycles. The Morgan fingerprint density at radius 2 is 1.80 bits per heavy atom. The molecule has 4 nitrogen and oxygen atoms in total. The Kier molecular flexibility index (Phi) is 4.16. The van der Waals surface area contributed by atoms with Crippen LogP contribution < -0.4 is 9.47 Å². The molecule has 1 fully saturated rings. The van der Waals surface area contributed by atoms with Crippen LogP contribution in [0.5, 0.6) is 11.5 Å². The average Bonchev–Trinajstić information content (AvgIpc) is 2.90. The van der Waals surface area contributed by atoms with Crippen molar-refractivity contribution in [2.75, 3.05) is 0 Å². The van der Waals surface area contributed by atoms with E-state index in [-0.39, 0.29) is 0 Å². The summed E-state index contributed by atoms with van der Waals surface area (Å²) in [5.74, 6) is 1.76. The molecule has 0 amide bonds. The summed E-state index contributed by atoms with van der Waals surface area (Å²) in [4.78, 5) is 0. The molecular formula is C15H18N2O2S. The molecule has 0 N–H and O–H groups in total. The van der Waals surface area contributed by atoms with Gasteiger partial charge in [0.1, 0.15) is 23.1 Å². The minimum atomic E-state index is 0.413. The summed E-state index contributed by atoms with van der Waals surface area (Å²) < 4.78 is 11.5. The lowest BCUT2D eigenvalue weighted by Crippen LogP contribution is -2.24. The second kappa shape index (κ2) is 6.22. The standard InChI is InChI=1S/C15H18N2O2S/c1-2-14-16-17-15(20-14)10-18-11-6-8-13(9-7-11)19-12-4-3-5-12/h6-9,12H,2-5,10H2,1H3.